The number of hydrogen-bond donors (Lipinski definition) is 1. The summed E-state index contributed by atoms with van der Waals surface area (Å²) in [7, 11) is 4.11. The van der Waals surface area contributed by atoms with Gasteiger partial charge in [-0.05, 0) is 14.1 Å². The molecular formula is C7H17N2. The van der Waals surface area contributed by atoms with Crippen molar-refractivity contribution in [2.75, 3.05) is 20.6 Å². The fourth-order valence-electron chi connectivity index (χ4n) is 0.471. The maximum absolute atomic E-state index is 3.21. The smallest absolute Gasteiger partial charge is 0.0363 e. The first-order valence-corrected chi connectivity index (χ1v) is 3.35. The average molecular weight is 129 g/mol. The highest BCUT2D eigenvalue weighted by Crippen LogP contribution is 1.80. The summed E-state index contributed by atoms with van der Waals surface area (Å²) >= 11 is 0. The molecule has 0 rings (SSSR count). The second-order valence-electron chi connectivity index (χ2n) is 2.79. The first-order valence-electron chi connectivity index (χ1n) is 3.35. The second kappa shape index (κ2) is 4.77. The van der Waals surface area contributed by atoms with Crippen molar-refractivity contribution >= 4 is 0 Å². The minimum Gasteiger partial charge on any atom is -0.309 e. The van der Waals surface area contributed by atoms with Crippen LogP contribution >= 0.6 is 0 Å². The summed E-state index contributed by atoms with van der Waals surface area (Å²) in [5.74, 6) is 0. The summed E-state index contributed by atoms with van der Waals surface area (Å²) in [6.45, 7) is 7.33. The van der Waals surface area contributed by atoms with Crippen molar-refractivity contribution in [1.82, 2.24) is 10.2 Å². The van der Waals surface area contributed by atoms with Gasteiger partial charge in [-0.25, -0.2) is 0 Å². The first-order chi connectivity index (χ1) is 4.13. The summed E-state index contributed by atoms with van der Waals surface area (Å²) in [5, 5.41) is 3.21. The van der Waals surface area contributed by atoms with Crippen LogP contribution < -0.4 is 5.32 Å². The Hall–Kier alpha value is -0.0800. The van der Waals surface area contributed by atoms with Gasteiger partial charge in [0.1, 0.15) is 0 Å². The van der Waals surface area contributed by atoms with E-state index in [0.717, 1.165) is 6.54 Å². The summed E-state index contributed by atoms with van der Waals surface area (Å²) in [5.41, 5.74) is 0. The average Bonchev–Trinajstić information content (AvgIpc) is 1.63. The molecule has 1 radical (unpaired) electrons. The van der Waals surface area contributed by atoms with E-state index >= 15 is 0 Å². The van der Waals surface area contributed by atoms with Crippen LogP contribution in [0.25, 0.3) is 0 Å². The Bertz CT molecular complexity index is 51.9. The molecule has 0 saturated carbocycles. The molecule has 0 aliphatic carbocycles. The third-order valence-electron chi connectivity index (χ3n) is 0.908. The zero-order chi connectivity index (χ0) is 7.28. The molecule has 0 aromatic carbocycles. The summed E-state index contributed by atoms with van der Waals surface area (Å²) < 4.78 is 0. The Morgan fingerprint density at radius 3 is 2.33 bits per heavy atom. The lowest BCUT2D eigenvalue weighted by Gasteiger charge is -2.11. The minimum atomic E-state index is 0.560. The fraction of sp³-hybridized carbons (Fsp3) is 0.857. The molecule has 0 aromatic heterocycles. The van der Waals surface area contributed by atoms with Gasteiger partial charge in [-0.2, -0.15) is 0 Å². The predicted molar refractivity (Wildman–Crippen MR) is 41.1 cm³/mol. The van der Waals surface area contributed by atoms with Crippen molar-refractivity contribution in [1.29, 1.82) is 0 Å². The van der Waals surface area contributed by atoms with Crippen molar-refractivity contribution in [3.8, 4) is 0 Å². The molecule has 2 nitrogen and oxygen atoms in total. The van der Waals surface area contributed by atoms with Gasteiger partial charge in [0.15, 0.2) is 0 Å². The lowest BCUT2D eigenvalue weighted by Crippen LogP contribution is -2.26. The number of rotatable bonds is 4. The molecule has 0 fully saturated rings. The highest BCUT2D eigenvalue weighted by molar-refractivity contribution is 4.66. The van der Waals surface area contributed by atoms with Crippen molar-refractivity contribution in [3.05, 3.63) is 6.54 Å². The van der Waals surface area contributed by atoms with E-state index < -0.39 is 0 Å². The second-order valence-corrected chi connectivity index (χ2v) is 2.79. The number of likely N-dealkylation sites (N-methyl/N-ethyl adjacent to an activating group) is 1. The normalized spacial score (nSPS) is 11.3. The van der Waals surface area contributed by atoms with Crippen LogP contribution in [0.3, 0.4) is 0 Å². The van der Waals surface area contributed by atoms with Gasteiger partial charge < -0.3 is 10.2 Å². The highest BCUT2D eigenvalue weighted by atomic mass is 15.1. The Labute approximate surface area is 58.2 Å². The Balaban J connectivity index is 2.91. The molecule has 0 unspecified atom stereocenters. The molecule has 2 heteroatoms. The predicted octanol–water partition coefficient (Wildman–Crippen LogP) is 0.708. The maximum Gasteiger partial charge on any atom is 0.0363 e. The molecule has 9 heavy (non-hydrogen) atoms. The van der Waals surface area contributed by atoms with Crippen LogP contribution in [0.5, 0.6) is 0 Å². The largest absolute Gasteiger partial charge is 0.309 e. The molecule has 0 amide bonds. The van der Waals surface area contributed by atoms with Gasteiger partial charge in [0.25, 0.3) is 0 Å². The Kier molecular flexibility index (Phi) is 4.72. The lowest BCUT2D eigenvalue weighted by molar-refractivity contribution is 0.422. The van der Waals surface area contributed by atoms with Crippen LogP contribution in [0.1, 0.15) is 13.8 Å². The van der Waals surface area contributed by atoms with E-state index in [4.69, 9.17) is 0 Å². The topological polar surface area (TPSA) is 15.3 Å². The molecule has 1 N–H and O–H groups in total. The third kappa shape index (κ3) is 7.92. The highest BCUT2D eigenvalue weighted by Gasteiger charge is 1.91. The van der Waals surface area contributed by atoms with E-state index in [1.54, 1.807) is 0 Å². The monoisotopic (exact) mass is 129 g/mol. The minimum absolute atomic E-state index is 0.560. The zero-order valence-electron chi connectivity index (χ0n) is 6.81. The molecule has 0 atom stereocenters. The quantitative estimate of drug-likeness (QED) is 0.601. The molecule has 0 spiro atoms. The van der Waals surface area contributed by atoms with Gasteiger partial charge in [0, 0.05) is 19.1 Å². The summed E-state index contributed by atoms with van der Waals surface area (Å²) in [4.78, 5) is 2.12. The molecule has 0 aliphatic heterocycles. The van der Waals surface area contributed by atoms with E-state index in [2.05, 4.69) is 44.7 Å². The van der Waals surface area contributed by atoms with Gasteiger partial charge in [0.2, 0.25) is 0 Å². The zero-order valence-corrected chi connectivity index (χ0v) is 6.81. The Morgan fingerprint density at radius 2 is 2.00 bits per heavy atom. The van der Waals surface area contributed by atoms with Crippen LogP contribution in [0, 0.1) is 6.54 Å². The molecule has 0 aliphatic rings. The van der Waals surface area contributed by atoms with E-state index in [1.807, 2.05) is 0 Å². The van der Waals surface area contributed by atoms with E-state index in [1.165, 1.54) is 0 Å². The van der Waals surface area contributed by atoms with Crippen LogP contribution in [0.4, 0.5) is 0 Å². The van der Waals surface area contributed by atoms with Gasteiger partial charge in [-0.1, -0.05) is 13.8 Å². The number of nitrogens with zero attached hydrogens (tertiary/aromatic N) is 1. The van der Waals surface area contributed by atoms with Crippen LogP contribution in [0.2, 0.25) is 0 Å². The van der Waals surface area contributed by atoms with Crippen LogP contribution in [0.15, 0.2) is 0 Å². The molecule has 0 heterocycles. The van der Waals surface area contributed by atoms with Crippen molar-refractivity contribution < 1.29 is 0 Å². The van der Waals surface area contributed by atoms with Gasteiger partial charge in [-0.15, -0.1) is 0 Å². The summed E-state index contributed by atoms with van der Waals surface area (Å²) in [6, 6.07) is 0.560. The molecule has 0 bridgehead atoms. The van der Waals surface area contributed by atoms with E-state index in [9.17, 15) is 0 Å². The van der Waals surface area contributed by atoms with Crippen molar-refractivity contribution in [2.24, 2.45) is 0 Å². The fourth-order valence-corrected chi connectivity index (χ4v) is 0.471. The maximum atomic E-state index is 3.21. The van der Waals surface area contributed by atoms with E-state index in [-0.39, 0.29) is 0 Å². The lowest BCUT2D eigenvalue weighted by atomic mass is 10.4. The SMILES string of the molecule is CC(C)N[CH]CN(C)C. The van der Waals surface area contributed by atoms with Gasteiger partial charge >= 0.3 is 0 Å². The van der Waals surface area contributed by atoms with Crippen LogP contribution in [-0.4, -0.2) is 31.6 Å². The molecule has 55 valence electrons. The van der Waals surface area contributed by atoms with Crippen LogP contribution in [-0.2, 0) is 0 Å². The standard InChI is InChI=1S/C7H17N2/c1-7(2)8-5-6-9(3)4/h5,7-8H,6H2,1-4H3. The molecule has 0 aromatic rings. The van der Waals surface area contributed by atoms with Gasteiger partial charge in [-0.3, -0.25) is 0 Å². The van der Waals surface area contributed by atoms with E-state index in [0.29, 0.717) is 6.04 Å². The Morgan fingerprint density at radius 1 is 1.44 bits per heavy atom. The first kappa shape index (κ1) is 8.92. The molecule has 0 saturated heterocycles. The third-order valence-corrected chi connectivity index (χ3v) is 0.908. The van der Waals surface area contributed by atoms with Crippen molar-refractivity contribution in [2.45, 2.75) is 19.9 Å². The summed E-state index contributed by atoms with van der Waals surface area (Å²) in [6.07, 6.45) is 0. The number of hydrogen-bond acceptors (Lipinski definition) is 2. The number of nitrogens with one attached hydrogen (secondary N) is 1. The van der Waals surface area contributed by atoms with Crippen molar-refractivity contribution in [3.63, 3.8) is 0 Å². The van der Waals surface area contributed by atoms with Gasteiger partial charge in [0.05, 0.1) is 0 Å². The molecular weight excluding hydrogens is 112 g/mol.